The topological polar surface area (TPSA) is 77.2 Å². The van der Waals surface area contributed by atoms with Gasteiger partial charge in [-0.25, -0.2) is 9.97 Å². The summed E-state index contributed by atoms with van der Waals surface area (Å²) in [4.78, 5) is 19.9. The fourth-order valence-corrected chi connectivity index (χ4v) is 1.77. The minimum Gasteiger partial charge on any atom is -0.467 e. The van der Waals surface area contributed by atoms with Gasteiger partial charge in [0, 0.05) is 5.39 Å². The summed E-state index contributed by atoms with van der Waals surface area (Å²) in [6, 6.07) is 9.36. The van der Waals surface area contributed by atoms with E-state index in [4.69, 9.17) is 9.15 Å². The largest absolute Gasteiger partial charge is 0.467 e. The molecule has 0 spiro atoms. The number of fused-ring (bicyclic) bond motifs is 1. The van der Waals surface area contributed by atoms with Gasteiger partial charge in [0.15, 0.2) is 5.76 Å². The molecule has 100 valence electrons. The van der Waals surface area contributed by atoms with Crippen LogP contribution in [0.5, 0.6) is 6.01 Å². The maximum absolute atomic E-state index is 12.0. The van der Waals surface area contributed by atoms with Gasteiger partial charge in [-0.3, -0.25) is 4.79 Å². The minimum atomic E-state index is -0.352. The van der Waals surface area contributed by atoms with E-state index in [1.54, 1.807) is 6.07 Å². The van der Waals surface area contributed by atoms with Crippen molar-refractivity contribution in [2.75, 3.05) is 12.4 Å². The Morgan fingerprint density at radius 1 is 1.25 bits per heavy atom. The van der Waals surface area contributed by atoms with E-state index in [1.165, 1.54) is 19.5 Å². The van der Waals surface area contributed by atoms with Crippen LogP contribution >= 0.6 is 0 Å². The monoisotopic (exact) mass is 269 g/mol. The zero-order chi connectivity index (χ0) is 13.9. The maximum Gasteiger partial charge on any atom is 0.316 e. The molecule has 2 heterocycles. The number of aromatic nitrogens is 2. The number of anilines is 1. The Labute approximate surface area is 114 Å². The molecular formula is C14H11N3O3. The van der Waals surface area contributed by atoms with E-state index < -0.39 is 0 Å². The second-order valence-electron chi connectivity index (χ2n) is 4.06. The van der Waals surface area contributed by atoms with Crippen molar-refractivity contribution in [3.63, 3.8) is 0 Å². The Balaban J connectivity index is 1.81. The van der Waals surface area contributed by atoms with Gasteiger partial charge in [-0.15, -0.1) is 0 Å². The number of ether oxygens (including phenoxy) is 1. The molecule has 0 fully saturated rings. The number of hydrogen-bond acceptors (Lipinski definition) is 5. The van der Waals surface area contributed by atoms with Gasteiger partial charge in [0.2, 0.25) is 0 Å². The number of amides is 1. The summed E-state index contributed by atoms with van der Waals surface area (Å²) in [6.07, 6.45) is 2.93. The van der Waals surface area contributed by atoms with Crippen molar-refractivity contribution in [2.45, 2.75) is 0 Å². The number of nitrogens with zero attached hydrogens (tertiary/aromatic N) is 2. The number of nitrogens with one attached hydrogen (secondary N) is 1. The smallest absolute Gasteiger partial charge is 0.316 e. The van der Waals surface area contributed by atoms with Crippen LogP contribution in [0.25, 0.3) is 11.0 Å². The molecule has 6 nitrogen and oxygen atoms in total. The zero-order valence-electron chi connectivity index (χ0n) is 10.7. The summed E-state index contributed by atoms with van der Waals surface area (Å²) in [5.41, 5.74) is 1.14. The Bertz CT molecular complexity index is 717. The molecule has 1 N–H and O–H groups in total. The number of benzene rings is 1. The number of carbonyl (C=O) groups excluding carboxylic acids is 1. The van der Waals surface area contributed by atoms with Crippen molar-refractivity contribution >= 4 is 22.6 Å². The van der Waals surface area contributed by atoms with E-state index >= 15 is 0 Å². The molecule has 0 saturated heterocycles. The maximum atomic E-state index is 12.0. The van der Waals surface area contributed by atoms with Crippen LogP contribution in [0, 0.1) is 0 Å². The summed E-state index contributed by atoms with van der Waals surface area (Å²) in [7, 11) is 1.47. The van der Waals surface area contributed by atoms with Gasteiger partial charge in [-0.05, 0) is 12.1 Å². The van der Waals surface area contributed by atoms with Crippen LogP contribution in [0.15, 0.2) is 47.1 Å². The minimum absolute atomic E-state index is 0.238. The highest BCUT2D eigenvalue weighted by Crippen LogP contribution is 2.19. The summed E-state index contributed by atoms with van der Waals surface area (Å²) in [5, 5.41) is 3.54. The molecule has 0 aliphatic heterocycles. The Hall–Kier alpha value is -2.89. The van der Waals surface area contributed by atoms with Gasteiger partial charge >= 0.3 is 6.01 Å². The normalized spacial score (nSPS) is 10.4. The lowest BCUT2D eigenvalue weighted by atomic mass is 10.2. The molecule has 0 atom stereocenters. The number of hydrogen-bond donors (Lipinski definition) is 1. The summed E-state index contributed by atoms with van der Waals surface area (Å²) < 4.78 is 10.3. The lowest BCUT2D eigenvalue weighted by molar-refractivity contribution is 0.0998. The van der Waals surface area contributed by atoms with E-state index in [0.717, 1.165) is 5.39 Å². The molecule has 6 heteroatoms. The van der Waals surface area contributed by atoms with Crippen molar-refractivity contribution < 1.29 is 13.9 Å². The highest BCUT2D eigenvalue weighted by atomic mass is 16.5. The molecule has 2 aromatic heterocycles. The van der Waals surface area contributed by atoms with E-state index in [2.05, 4.69) is 15.3 Å². The lowest BCUT2D eigenvalue weighted by Crippen LogP contribution is -2.11. The van der Waals surface area contributed by atoms with Crippen LogP contribution in [0.1, 0.15) is 10.6 Å². The molecule has 3 aromatic rings. The molecule has 20 heavy (non-hydrogen) atoms. The van der Waals surface area contributed by atoms with Crippen LogP contribution in [-0.2, 0) is 0 Å². The first-order valence-electron chi connectivity index (χ1n) is 5.92. The fourth-order valence-electron chi connectivity index (χ4n) is 1.77. The molecule has 0 radical (unpaired) electrons. The van der Waals surface area contributed by atoms with Gasteiger partial charge in [0.1, 0.15) is 5.58 Å². The molecule has 3 rings (SSSR count). The first-order valence-corrected chi connectivity index (χ1v) is 5.92. The number of para-hydroxylation sites is 1. The van der Waals surface area contributed by atoms with Gasteiger partial charge in [-0.2, -0.15) is 0 Å². The van der Waals surface area contributed by atoms with Crippen LogP contribution in [0.2, 0.25) is 0 Å². The summed E-state index contributed by atoms with van der Waals surface area (Å²) >= 11 is 0. The van der Waals surface area contributed by atoms with Crippen LogP contribution in [-0.4, -0.2) is 23.0 Å². The molecule has 0 aliphatic rings. The highest BCUT2D eigenvalue weighted by Gasteiger charge is 2.12. The van der Waals surface area contributed by atoms with E-state index in [-0.39, 0.29) is 17.7 Å². The van der Waals surface area contributed by atoms with Crippen LogP contribution in [0.4, 0.5) is 5.69 Å². The second-order valence-corrected chi connectivity index (χ2v) is 4.06. The summed E-state index contributed by atoms with van der Waals surface area (Å²) in [5.74, 6) is -0.114. The third-order valence-electron chi connectivity index (χ3n) is 2.72. The van der Waals surface area contributed by atoms with Crippen LogP contribution in [0.3, 0.4) is 0 Å². The third-order valence-corrected chi connectivity index (χ3v) is 2.72. The number of furan rings is 1. The first-order chi connectivity index (χ1) is 9.76. The van der Waals surface area contributed by atoms with E-state index in [0.29, 0.717) is 11.3 Å². The first kappa shape index (κ1) is 12.2. The highest BCUT2D eigenvalue weighted by molar-refractivity contribution is 6.04. The van der Waals surface area contributed by atoms with Gasteiger partial charge in [0.05, 0.1) is 25.2 Å². The quantitative estimate of drug-likeness (QED) is 0.790. The van der Waals surface area contributed by atoms with Crippen molar-refractivity contribution in [3.05, 3.63) is 48.5 Å². The van der Waals surface area contributed by atoms with Gasteiger partial charge < -0.3 is 14.5 Å². The molecule has 0 unspecified atom stereocenters. The Morgan fingerprint density at radius 3 is 2.70 bits per heavy atom. The van der Waals surface area contributed by atoms with Crippen LogP contribution < -0.4 is 10.1 Å². The molecule has 0 bridgehead atoms. The molecule has 1 amide bonds. The molecule has 1 aromatic carbocycles. The predicted octanol–water partition coefficient (Wildman–Crippen LogP) is 2.48. The summed E-state index contributed by atoms with van der Waals surface area (Å²) in [6.45, 7) is 0. The van der Waals surface area contributed by atoms with E-state index in [9.17, 15) is 4.79 Å². The van der Waals surface area contributed by atoms with E-state index in [1.807, 2.05) is 24.3 Å². The third kappa shape index (κ3) is 2.31. The van der Waals surface area contributed by atoms with Crippen molar-refractivity contribution in [2.24, 2.45) is 0 Å². The SMILES string of the molecule is COc1ncc(NC(=O)c2cc3ccccc3o2)cn1. The number of rotatable bonds is 3. The second kappa shape index (κ2) is 5.00. The molecule has 0 aliphatic carbocycles. The average Bonchev–Trinajstić information content (AvgIpc) is 2.92. The Kier molecular flexibility index (Phi) is 3.04. The van der Waals surface area contributed by atoms with Crippen molar-refractivity contribution in [1.29, 1.82) is 0 Å². The average molecular weight is 269 g/mol. The number of methoxy groups -OCH3 is 1. The van der Waals surface area contributed by atoms with Crippen molar-refractivity contribution in [3.8, 4) is 6.01 Å². The van der Waals surface area contributed by atoms with Gasteiger partial charge in [0.25, 0.3) is 5.91 Å². The van der Waals surface area contributed by atoms with Gasteiger partial charge in [-0.1, -0.05) is 18.2 Å². The molecule has 0 saturated carbocycles. The fraction of sp³-hybridized carbons (Fsp3) is 0.0714. The predicted molar refractivity (Wildman–Crippen MR) is 72.8 cm³/mol. The lowest BCUT2D eigenvalue weighted by Gasteiger charge is -2.02. The van der Waals surface area contributed by atoms with Crippen molar-refractivity contribution in [1.82, 2.24) is 9.97 Å². The standard InChI is InChI=1S/C14H11N3O3/c1-19-14-15-7-10(8-16-14)17-13(18)12-6-9-4-2-3-5-11(9)20-12/h2-8H,1H3,(H,17,18). The zero-order valence-corrected chi connectivity index (χ0v) is 10.7. The number of carbonyl (C=O) groups is 1. The molecular weight excluding hydrogens is 258 g/mol. The Morgan fingerprint density at radius 2 is 2.00 bits per heavy atom.